The van der Waals surface area contributed by atoms with Crippen LogP contribution in [0.5, 0.6) is 5.75 Å². The molecule has 0 bridgehead atoms. The van der Waals surface area contributed by atoms with Gasteiger partial charge in [-0.1, -0.05) is 13.8 Å². The number of ether oxygens (including phenoxy) is 1. The Morgan fingerprint density at radius 3 is 2.47 bits per heavy atom. The van der Waals surface area contributed by atoms with Crippen molar-refractivity contribution >= 4 is 17.9 Å². The molecule has 1 aromatic rings. The molecule has 1 rings (SSSR count). The number of methoxy groups -OCH3 is 1. The molecule has 1 N–H and O–H groups in total. The van der Waals surface area contributed by atoms with E-state index in [0.29, 0.717) is 17.0 Å². The molecule has 0 heterocycles. The maximum Gasteiger partial charge on any atom is 0.221 e. The van der Waals surface area contributed by atoms with Crippen molar-refractivity contribution < 1.29 is 14.3 Å². The predicted molar refractivity (Wildman–Crippen MR) is 66.8 cm³/mol. The van der Waals surface area contributed by atoms with Crippen LogP contribution in [0.25, 0.3) is 0 Å². The number of carbonyl (C=O) groups excluding carboxylic acids is 2. The topological polar surface area (TPSA) is 55.4 Å². The molecule has 0 atom stereocenters. The first-order valence-electron chi connectivity index (χ1n) is 5.44. The van der Waals surface area contributed by atoms with Crippen molar-refractivity contribution in [3.8, 4) is 5.75 Å². The van der Waals surface area contributed by atoms with E-state index in [1.54, 1.807) is 19.2 Å². The van der Waals surface area contributed by atoms with Crippen LogP contribution in [0.2, 0.25) is 0 Å². The van der Waals surface area contributed by atoms with Crippen molar-refractivity contribution in [3.05, 3.63) is 23.3 Å². The van der Waals surface area contributed by atoms with Gasteiger partial charge in [-0.15, -0.1) is 0 Å². The van der Waals surface area contributed by atoms with Crippen LogP contribution in [0, 0.1) is 0 Å². The standard InChI is InChI=1S/C13H17NO3/c1-8(2)11-5-10(7-15)6-12(13(11)17-4)14-9(3)16/h5-8H,1-4H3,(H,14,16). The zero-order valence-electron chi connectivity index (χ0n) is 10.5. The van der Waals surface area contributed by atoms with Crippen LogP contribution in [0.15, 0.2) is 12.1 Å². The maximum absolute atomic E-state index is 11.1. The Balaban J connectivity index is 3.38. The highest BCUT2D eigenvalue weighted by Crippen LogP contribution is 2.34. The molecule has 0 radical (unpaired) electrons. The normalized spacial score (nSPS) is 10.2. The number of amides is 1. The second kappa shape index (κ2) is 5.48. The molecule has 0 spiro atoms. The molecule has 0 saturated carbocycles. The van der Waals surface area contributed by atoms with Crippen LogP contribution in [-0.4, -0.2) is 19.3 Å². The van der Waals surface area contributed by atoms with Gasteiger partial charge < -0.3 is 10.1 Å². The van der Waals surface area contributed by atoms with Crippen molar-refractivity contribution in [2.45, 2.75) is 26.7 Å². The van der Waals surface area contributed by atoms with E-state index in [-0.39, 0.29) is 11.8 Å². The molecule has 4 heteroatoms. The molecule has 0 aliphatic heterocycles. The van der Waals surface area contributed by atoms with Crippen molar-refractivity contribution in [1.82, 2.24) is 0 Å². The molecular formula is C13H17NO3. The summed E-state index contributed by atoms with van der Waals surface area (Å²) < 4.78 is 5.31. The summed E-state index contributed by atoms with van der Waals surface area (Å²) in [7, 11) is 1.55. The van der Waals surface area contributed by atoms with E-state index < -0.39 is 0 Å². The summed E-state index contributed by atoms with van der Waals surface area (Å²) in [5.74, 6) is 0.624. The first-order chi connectivity index (χ1) is 7.99. The smallest absolute Gasteiger partial charge is 0.221 e. The summed E-state index contributed by atoms with van der Waals surface area (Å²) in [5.41, 5.74) is 1.97. The zero-order chi connectivity index (χ0) is 13.0. The van der Waals surface area contributed by atoms with Gasteiger partial charge in [-0.05, 0) is 23.6 Å². The summed E-state index contributed by atoms with van der Waals surface area (Å²) in [6.07, 6.45) is 0.761. The molecule has 0 aliphatic rings. The molecular weight excluding hydrogens is 218 g/mol. The highest BCUT2D eigenvalue weighted by molar-refractivity contribution is 5.92. The summed E-state index contributed by atoms with van der Waals surface area (Å²) in [4.78, 5) is 22.0. The molecule has 4 nitrogen and oxygen atoms in total. The number of nitrogens with one attached hydrogen (secondary N) is 1. The lowest BCUT2D eigenvalue weighted by atomic mass is 9.98. The van der Waals surface area contributed by atoms with E-state index in [1.165, 1.54) is 6.92 Å². The predicted octanol–water partition coefficient (Wildman–Crippen LogP) is 2.59. The molecule has 0 unspecified atom stereocenters. The summed E-state index contributed by atoms with van der Waals surface area (Å²) in [5, 5.41) is 2.67. The summed E-state index contributed by atoms with van der Waals surface area (Å²) in [6, 6.07) is 3.39. The monoisotopic (exact) mass is 235 g/mol. The Morgan fingerprint density at radius 1 is 1.41 bits per heavy atom. The molecule has 0 aliphatic carbocycles. The number of hydrogen-bond donors (Lipinski definition) is 1. The largest absolute Gasteiger partial charge is 0.494 e. The van der Waals surface area contributed by atoms with Gasteiger partial charge in [0, 0.05) is 12.5 Å². The Kier molecular flexibility index (Phi) is 4.26. The van der Waals surface area contributed by atoms with E-state index in [2.05, 4.69) is 5.32 Å². The lowest BCUT2D eigenvalue weighted by molar-refractivity contribution is -0.114. The molecule has 0 fully saturated rings. The van der Waals surface area contributed by atoms with Crippen molar-refractivity contribution in [1.29, 1.82) is 0 Å². The van der Waals surface area contributed by atoms with Crippen LogP contribution in [-0.2, 0) is 4.79 Å². The third-order valence-electron chi connectivity index (χ3n) is 2.41. The van der Waals surface area contributed by atoms with E-state index in [9.17, 15) is 9.59 Å². The van der Waals surface area contributed by atoms with Gasteiger partial charge in [-0.3, -0.25) is 9.59 Å². The molecule has 1 amide bonds. The number of hydrogen-bond acceptors (Lipinski definition) is 3. The minimum absolute atomic E-state index is 0.193. The van der Waals surface area contributed by atoms with Crippen LogP contribution in [0.4, 0.5) is 5.69 Å². The minimum atomic E-state index is -0.193. The molecule has 92 valence electrons. The molecule has 17 heavy (non-hydrogen) atoms. The number of aldehydes is 1. The van der Waals surface area contributed by atoms with Gasteiger partial charge in [0.15, 0.2) is 0 Å². The quantitative estimate of drug-likeness (QED) is 0.816. The van der Waals surface area contributed by atoms with Crippen LogP contribution in [0.1, 0.15) is 42.6 Å². The Labute approximate surface area is 101 Å². The number of rotatable bonds is 4. The van der Waals surface area contributed by atoms with Gasteiger partial charge in [-0.2, -0.15) is 0 Å². The lowest BCUT2D eigenvalue weighted by Crippen LogP contribution is -2.09. The van der Waals surface area contributed by atoms with Crippen molar-refractivity contribution in [3.63, 3.8) is 0 Å². The Hall–Kier alpha value is -1.84. The first-order valence-corrected chi connectivity index (χ1v) is 5.44. The van der Waals surface area contributed by atoms with E-state index in [0.717, 1.165) is 11.8 Å². The van der Waals surface area contributed by atoms with Crippen LogP contribution < -0.4 is 10.1 Å². The van der Waals surface area contributed by atoms with E-state index >= 15 is 0 Å². The third kappa shape index (κ3) is 3.06. The highest BCUT2D eigenvalue weighted by atomic mass is 16.5. The second-order valence-electron chi connectivity index (χ2n) is 4.14. The van der Waals surface area contributed by atoms with Gasteiger partial charge in [0.2, 0.25) is 5.91 Å². The average Bonchev–Trinajstić information content (AvgIpc) is 2.26. The van der Waals surface area contributed by atoms with E-state index in [1.807, 2.05) is 13.8 Å². The second-order valence-corrected chi connectivity index (χ2v) is 4.14. The van der Waals surface area contributed by atoms with Gasteiger partial charge in [0.05, 0.1) is 12.8 Å². The fraction of sp³-hybridized carbons (Fsp3) is 0.385. The van der Waals surface area contributed by atoms with Crippen molar-refractivity contribution in [2.75, 3.05) is 12.4 Å². The zero-order valence-corrected chi connectivity index (χ0v) is 10.5. The fourth-order valence-electron chi connectivity index (χ4n) is 1.68. The maximum atomic E-state index is 11.1. The van der Waals surface area contributed by atoms with Gasteiger partial charge in [0.25, 0.3) is 0 Å². The Morgan fingerprint density at radius 2 is 2.06 bits per heavy atom. The molecule has 0 aromatic heterocycles. The number of carbonyl (C=O) groups is 2. The van der Waals surface area contributed by atoms with Gasteiger partial charge >= 0.3 is 0 Å². The SMILES string of the molecule is COc1c(NC(C)=O)cc(C=O)cc1C(C)C. The summed E-state index contributed by atoms with van der Waals surface area (Å²) in [6.45, 7) is 5.43. The lowest BCUT2D eigenvalue weighted by Gasteiger charge is -2.17. The first kappa shape index (κ1) is 13.2. The van der Waals surface area contributed by atoms with Gasteiger partial charge in [-0.25, -0.2) is 0 Å². The van der Waals surface area contributed by atoms with Gasteiger partial charge in [0.1, 0.15) is 12.0 Å². The highest BCUT2D eigenvalue weighted by Gasteiger charge is 2.14. The van der Waals surface area contributed by atoms with Crippen LogP contribution in [0.3, 0.4) is 0 Å². The summed E-state index contributed by atoms with van der Waals surface area (Å²) >= 11 is 0. The van der Waals surface area contributed by atoms with Crippen LogP contribution >= 0.6 is 0 Å². The number of benzene rings is 1. The average molecular weight is 235 g/mol. The third-order valence-corrected chi connectivity index (χ3v) is 2.41. The molecule has 0 saturated heterocycles. The number of anilines is 1. The fourth-order valence-corrected chi connectivity index (χ4v) is 1.68. The van der Waals surface area contributed by atoms with Crippen molar-refractivity contribution in [2.24, 2.45) is 0 Å². The Bertz CT molecular complexity index is 439. The molecule has 1 aromatic carbocycles. The minimum Gasteiger partial charge on any atom is -0.494 e. The van der Waals surface area contributed by atoms with E-state index in [4.69, 9.17) is 4.74 Å².